The molecule has 1 saturated heterocycles. The van der Waals surface area contributed by atoms with Crippen LogP contribution in [-0.4, -0.2) is 77.2 Å². The number of likely N-dealkylation sites (N-methyl/N-ethyl adjacent to an activating group) is 1. The first-order chi connectivity index (χ1) is 22.8. The number of ether oxygens (including phenoxy) is 1. The van der Waals surface area contributed by atoms with E-state index in [2.05, 4.69) is 36.2 Å². The van der Waals surface area contributed by atoms with Crippen LogP contribution in [0.2, 0.25) is 0 Å². The van der Waals surface area contributed by atoms with Crippen molar-refractivity contribution in [3.8, 4) is 22.8 Å². The fourth-order valence-electron chi connectivity index (χ4n) is 6.70. The molecular weight excluding hydrogens is 613 g/mol. The molecule has 2 fully saturated rings. The number of hydrogen-bond acceptors (Lipinski definition) is 9. The van der Waals surface area contributed by atoms with Crippen molar-refractivity contribution in [3.05, 3.63) is 90.8 Å². The zero-order valence-corrected chi connectivity index (χ0v) is 27.3. The van der Waals surface area contributed by atoms with Crippen molar-refractivity contribution < 1.29 is 13.2 Å². The zero-order chi connectivity index (χ0) is 32.4. The Kier molecular flexibility index (Phi) is 8.91. The lowest BCUT2D eigenvalue weighted by atomic mass is 9.90. The van der Waals surface area contributed by atoms with Crippen molar-refractivity contribution in [2.45, 2.75) is 49.2 Å². The predicted molar refractivity (Wildman–Crippen MR) is 183 cm³/mol. The summed E-state index contributed by atoms with van der Waals surface area (Å²) in [7, 11) is -1.41. The van der Waals surface area contributed by atoms with E-state index in [-0.39, 0.29) is 17.5 Å². The van der Waals surface area contributed by atoms with Crippen LogP contribution in [0.15, 0.2) is 90.1 Å². The lowest BCUT2D eigenvalue weighted by molar-refractivity contribution is 0.0815. The molecule has 3 heterocycles. The second kappa shape index (κ2) is 13.4. The van der Waals surface area contributed by atoms with Gasteiger partial charge in [0.05, 0.1) is 16.3 Å². The maximum Gasteiger partial charge on any atom is 0.240 e. The molecule has 12 heteroatoms. The molecule has 0 unspecified atom stereocenters. The Morgan fingerprint density at radius 1 is 0.851 bits per heavy atom. The Balaban J connectivity index is 1.04. The minimum atomic E-state index is -3.61. The molecule has 0 radical (unpaired) electrons. The van der Waals surface area contributed by atoms with Crippen LogP contribution in [0.1, 0.15) is 37.3 Å². The van der Waals surface area contributed by atoms with Crippen molar-refractivity contribution in [2.75, 3.05) is 39.0 Å². The van der Waals surface area contributed by atoms with Gasteiger partial charge in [0.25, 0.3) is 0 Å². The summed E-state index contributed by atoms with van der Waals surface area (Å²) in [6.07, 6.45) is 5.93. The van der Waals surface area contributed by atoms with Crippen LogP contribution in [0.3, 0.4) is 0 Å². The predicted octanol–water partition coefficient (Wildman–Crippen LogP) is 5.08. The molecule has 3 N–H and O–H groups in total. The number of piperazine rings is 1. The van der Waals surface area contributed by atoms with Crippen LogP contribution in [0.25, 0.3) is 22.3 Å². The number of rotatable bonds is 9. The van der Waals surface area contributed by atoms with Crippen molar-refractivity contribution in [1.82, 2.24) is 34.3 Å². The molecule has 5 aromatic rings. The minimum Gasteiger partial charge on any atom is -0.457 e. The third-order valence-corrected chi connectivity index (χ3v) is 10.8. The average Bonchev–Trinajstić information content (AvgIpc) is 3.50. The second-order valence-electron chi connectivity index (χ2n) is 12.5. The van der Waals surface area contributed by atoms with Gasteiger partial charge in [0.15, 0.2) is 5.65 Å². The van der Waals surface area contributed by atoms with Gasteiger partial charge in [-0.2, -0.15) is 5.10 Å². The molecular formula is C35H40N8O3S. The Labute approximate surface area is 275 Å². The number of anilines is 1. The first-order valence-electron chi connectivity index (χ1n) is 16.2. The number of benzene rings is 3. The zero-order valence-electron chi connectivity index (χ0n) is 26.5. The number of nitrogens with zero attached hydrogens (tertiary/aromatic N) is 6. The minimum absolute atomic E-state index is 0.143. The van der Waals surface area contributed by atoms with Crippen LogP contribution in [0.5, 0.6) is 11.5 Å². The Morgan fingerprint density at radius 3 is 2.32 bits per heavy atom. The average molecular weight is 653 g/mol. The van der Waals surface area contributed by atoms with Crippen LogP contribution >= 0.6 is 0 Å². The lowest BCUT2D eigenvalue weighted by Gasteiger charge is -2.41. The van der Waals surface area contributed by atoms with Crippen molar-refractivity contribution in [2.24, 2.45) is 0 Å². The molecule has 1 aliphatic carbocycles. The largest absolute Gasteiger partial charge is 0.457 e. The van der Waals surface area contributed by atoms with E-state index in [0.29, 0.717) is 23.4 Å². The molecule has 47 heavy (non-hydrogen) atoms. The Morgan fingerprint density at radius 2 is 1.57 bits per heavy atom. The third-order valence-electron chi connectivity index (χ3n) is 9.37. The van der Waals surface area contributed by atoms with Gasteiger partial charge < -0.3 is 15.4 Å². The van der Waals surface area contributed by atoms with Gasteiger partial charge in [0, 0.05) is 44.3 Å². The van der Waals surface area contributed by atoms with E-state index in [4.69, 9.17) is 15.6 Å². The molecule has 3 aromatic carbocycles. The summed E-state index contributed by atoms with van der Waals surface area (Å²) in [5, 5.41) is 5.87. The molecule has 0 amide bonds. The first kappa shape index (κ1) is 31.3. The highest BCUT2D eigenvalue weighted by molar-refractivity contribution is 7.89. The van der Waals surface area contributed by atoms with E-state index in [1.807, 2.05) is 48.5 Å². The first-order valence-corrected chi connectivity index (χ1v) is 17.7. The van der Waals surface area contributed by atoms with Gasteiger partial charge in [0.2, 0.25) is 10.0 Å². The van der Waals surface area contributed by atoms with Crippen LogP contribution in [0, 0.1) is 0 Å². The topological polar surface area (TPSA) is 132 Å². The summed E-state index contributed by atoms with van der Waals surface area (Å²) in [5.41, 5.74) is 9.63. The van der Waals surface area contributed by atoms with E-state index >= 15 is 0 Å². The molecule has 7 rings (SSSR count). The molecule has 2 aliphatic rings. The maximum absolute atomic E-state index is 12.6. The highest BCUT2D eigenvalue weighted by Crippen LogP contribution is 2.37. The molecule has 2 aromatic heterocycles. The van der Waals surface area contributed by atoms with Crippen molar-refractivity contribution >= 4 is 26.9 Å². The molecule has 11 nitrogen and oxygen atoms in total. The van der Waals surface area contributed by atoms with Gasteiger partial charge in [0.1, 0.15) is 29.3 Å². The second-order valence-corrected chi connectivity index (χ2v) is 14.2. The number of hydrogen-bond donors (Lipinski definition) is 2. The molecule has 1 saturated carbocycles. The molecule has 0 atom stereocenters. The summed E-state index contributed by atoms with van der Waals surface area (Å²) in [6.45, 7) is 4.71. The van der Waals surface area contributed by atoms with Crippen molar-refractivity contribution in [3.63, 3.8) is 0 Å². The third kappa shape index (κ3) is 6.86. The molecule has 244 valence electrons. The van der Waals surface area contributed by atoms with Gasteiger partial charge in [-0.15, -0.1) is 0 Å². The number of aromatic nitrogens is 4. The Hall–Kier alpha value is -4.36. The highest BCUT2D eigenvalue weighted by atomic mass is 32.2. The van der Waals surface area contributed by atoms with Gasteiger partial charge in [-0.25, -0.2) is 27.8 Å². The highest BCUT2D eigenvalue weighted by Gasteiger charge is 2.30. The molecule has 0 bridgehead atoms. The SMILES string of the molecule is CN1CCN(C2CCC(n3nc(-c4ccc(Oc5cccc(CNS(=O)(=O)c6ccccc6)c5)cc4)c4c(N)ncnc43)CC2)CC1. The number of nitrogens with one attached hydrogen (secondary N) is 1. The summed E-state index contributed by atoms with van der Waals surface area (Å²) in [4.78, 5) is 14.2. The Bertz CT molecular complexity index is 1930. The fraction of sp³-hybridized carbons (Fsp3) is 0.343. The van der Waals surface area contributed by atoms with E-state index in [9.17, 15) is 8.42 Å². The quantitative estimate of drug-likeness (QED) is 0.224. The summed E-state index contributed by atoms with van der Waals surface area (Å²) < 4.78 is 36.2. The van der Waals surface area contributed by atoms with E-state index in [1.54, 1.807) is 30.3 Å². The fourth-order valence-corrected chi connectivity index (χ4v) is 7.74. The number of sulfonamides is 1. The maximum atomic E-state index is 12.6. The van der Waals surface area contributed by atoms with Crippen LogP contribution < -0.4 is 15.2 Å². The number of nitrogens with two attached hydrogens (primary N) is 1. The standard InChI is InChI=1S/C35H40N8O3S/c1-41-18-20-42(21-19-41)27-12-14-28(15-13-27)43-35-32(34(36)37-24-38-35)33(40-43)26-10-16-29(17-11-26)46-30-7-5-6-25(22-30)23-39-47(44,45)31-8-3-2-4-9-31/h2-11,16-17,22,24,27-28,39H,12-15,18-21,23H2,1H3,(H2,36,37,38). The normalized spacial score (nSPS) is 19.6. The number of fused-ring (bicyclic) bond motifs is 1. The van der Waals surface area contributed by atoms with Gasteiger partial charge in [-0.3, -0.25) is 4.90 Å². The van der Waals surface area contributed by atoms with E-state index in [0.717, 1.165) is 79.7 Å². The van der Waals surface area contributed by atoms with Gasteiger partial charge in [-0.1, -0.05) is 30.3 Å². The summed E-state index contributed by atoms with van der Waals surface area (Å²) in [5.74, 6) is 1.67. The van der Waals surface area contributed by atoms with Gasteiger partial charge >= 0.3 is 0 Å². The number of nitrogen functional groups attached to an aromatic ring is 1. The lowest BCUT2D eigenvalue weighted by Crippen LogP contribution is -2.49. The van der Waals surface area contributed by atoms with Crippen molar-refractivity contribution in [1.29, 1.82) is 0 Å². The molecule has 1 aliphatic heterocycles. The van der Waals surface area contributed by atoms with Gasteiger partial charge in [-0.05, 0) is 86.8 Å². The monoisotopic (exact) mass is 652 g/mol. The summed E-state index contributed by atoms with van der Waals surface area (Å²) in [6, 6.07) is 24.3. The van der Waals surface area contributed by atoms with E-state index in [1.165, 1.54) is 6.33 Å². The van der Waals surface area contributed by atoms with E-state index < -0.39 is 10.0 Å². The smallest absolute Gasteiger partial charge is 0.240 e. The van der Waals surface area contributed by atoms with Crippen LogP contribution in [-0.2, 0) is 16.6 Å². The summed E-state index contributed by atoms with van der Waals surface area (Å²) >= 11 is 0. The van der Waals surface area contributed by atoms with Crippen LogP contribution in [0.4, 0.5) is 5.82 Å². The molecule has 0 spiro atoms.